The third kappa shape index (κ3) is 3.44. The summed E-state index contributed by atoms with van der Waals surface area (Å²) in [5.74, 6) is -0.864. The van der Waals surface area contributed by atoms with E-state index >= 15 is 0 Å². The van der Waals surface area contributed by atoms with Crippen LogP contribution >= 0.6 is 23.4 Å². The highest BCUT2D eigenvalue weighted by molar-refractivity contribution is 8.18. The lowest BCUT2D eigenvalue weighted by atomic mass is 10.2. The van der Waals surface area contributed by atoms with Gasteiger partial charge in [0.2, 0.25) is 0 Å². The number of thioether (sulfide) groups is 1. The number of carbonyl (C=O) groups excluding carboxylic acids is 2. The second-order valence-corrected chi connectivity index (χ2v) is 6.50. The molecule has 7 heteroatoms. The average molecular weight is 364 g/mol. The highest BCUT2D eigenvalue weighted by Crippen LogP contribution is 2.34. The van der Waals surface area contributed by atoms with Gasteiger partial charge in [-0.3, -0.25) is 14.5 Å². The van der Waals surface area contributed by atoms with Gasteiger partial charge in [0.25, 0.3) is 11.1 Å². The number of hydrogen-bond donors (Lipinski definition) is 1. The monoisotopic (exact) mass is 363 g/mol. The van der Waals surface area contributed by atoms with Gasteiger partial charge < -0.3 is 5.11 Å². The number of rotatable bonds is 3. The van der Waals surface area contributed by atoms with E-state index < -0.39 is 17.0 Å². The van der Waals surface area contributed by atoms with Crippen LogP contribution in [0, 0.1) is 5.82 Å². The summed E-state index contributed by atoms with van der Waals surface area (Å²) in [6.45, 7) is -0.0266. The molecule has 0 bridgehead atoms. The second kappa shape index (κ2) is 6.67. The lowest BCUT2D eigenvalue weighted by Crippen LogP contribution is -2.27. The minimum atomic E-state index is -0.485. The molecule has 1 saturated heterocycles. The van der Waals surface area contributed by atoms with Crippen LogP contribution in [0.3, 0.4) is 0 Å². The van der Waals surface area contributed by atoms with E-state index in [0.717, 1.165) is 22.7 Å². The number of aromatic hydroxyl groups is 1. The maximum Gasteiger partial charge on any atom is 0.293 e. The zero-order valence-electron chi connectivity index (χ0n) is 12.2. The van der Waals surface area contributed by atoms with Gasteiger partial charge in [-0.2, -0.15) is 0 Å². The number of carbonyl (C=O) groups is 2. The molecule has 1 aliphatic rings. The van der Waals surface area contributed by atoms with Gasteiger partial charge >= 0.3 is 0 Å². The van der Waals surface area contributed by atoms with E-state index in [1.807, 2.05) is 0 Å². The van der Waals surface area contributed by atoms with E-state index in [4.69, 9.17) is 11.6 Å². The summed E-state index contributed by atoms with van der Waals surface area (Å²) >= 11 is 6.76. The molecule has 122 valence electrons. The Balaban J connectivity index is 1.84. The minimum absolute atomic E-state index is 0.0266. The Morgan fingerprint density at radius 2 is 2.00 bits per heavy atom. The average Bonchev–Trinajstić information content (AvgIpc) is 2.77. The fourth-order valence-corrected chi connectivity index (χ4v) is 3.29. The van der Waals surface area contributed by atoms with Crippen molar-refractivity contribution in [1.29, 1.82) is 0 Å². The van der Waals surface area contributed by atoms with Crippen molar-refractivity contribution in [3.05, 3.63) is 69.3 Å². The van der Waals surface area contributed by atoms with Crippen molar-refractivity contribution in [2.75, 3.05) is 0 Å². The molecule has 2 aromatic carbocycles. The Bertz CT molecular complexity index is 869. The van der Waals surface area contributed by atoms with Crippen LogP contribution in [0.4, 0.5) is 9.18 Å². The maximum atomic E-state index is 13.1. The molecule has 0 unspecified atom stereocenters. The van der Waals surface area contributed by atoms with Crippen LogP contribution in [-0.2, 0) is 11.3 Å². The SMILES string of the molecule is O=C1SC(=Cc2cccc(O)c2)C(=O)N1Cc1ccc(F)cc1Cl. The number of imide groups is 1. The summed E-state index contributed by atoms with van der Waals surface area (Å²) in [4.78, 5) is 25.8. The molecule has 0 spiro atoms. The predicted octanol–water partition coefficient (Wildman–Crippen LogP) is 4.42. The van der Waals surface area contributed by atoms with Gasteiger partial charge in [0.15, 0.2) is 0 Å². The molecule has 1 N–H and O–H groups in total. The number of nitrogens with zero attached hydrogens (tertiary/aromatic N) is 1. The number of phenolic OH excluding ortho intramolecular Hbond substituents is 1. The minimum Gasteiger partial charge on any atom is -0.508 e. The largest absolute Gasteiger partial charge is 0.508 e. The van der Waals surface area contributed by atoms with Crippen LogP contribution < -0.4 is 0 Å². The van der Waals surface area contributed by atoms with Crippen LogP contribution in [0.15, 0.2) is 47.4 Å². The quantitative estimate of drug-likeness (QED) is 0.820. The summed E-state index contributed by atoms with van der Waals surface area (Å²) < 4.78 is 13.1. The molecule has 4 nitrogen and oxygen atoms in total. The molecule has 0 radical (unpaired) electrons. The second-order valence-electron chi connectivity index (χ2n) is 5.10. The van der Waals surface area contributed by atoms with Crippen molar-refractivity contribution in [1.82, 2.24) is 4.90 Å². The maximum absolute atomic E-state index is 13.1. The van der Waals surface area contributed by atoms with Crippen LogP contribution in [-0.4, -0.2) is 21.2 Å². The standard InChI is InChI=1S/C17H11ClFNO3S/c18-14-8-12(19)5-4-11(14)9-20-16(22)15(24-17(20)23)7-10-2-1-3-13(21)6-10/h1-8,21H,9H2. The molecule has 2 amide bonds. The topological polar surface area (TPSA) is 57.6 Å². The van der Waals surface area contributed by atoms with E-state index in [1.165, 1.54) is 30.3 Å². The number of hydrogen-bond acceptors (Lipinski definition) is 4. The molecule has 3 rings (SSSR count). The Morgan fingerprint density at radius 1 is 1.21 bits per heavy atom. The van der Waals surface area contributed by atoms with E-state index in [-0.39, 0.29) is 22.2 Å². The molecule has 1 fully saturated rings. The van der Waals surface area contributed by atoms with Crippen LogP contribution in [0.1, 0.15) is 11.1 Å². The van der Waals surface area contributed by atoms with E-state index in [1.54, 1.807) is 12.1 Å². The first kappa shape index (κ1) is 16.5. The molecule has 0 aliphatic carbocycles. The number of phenols is 1. The molecule has 24 heavy (non-hydrogen) atoms. The van der Waals surface area contributed by atoms with Gasteiger partial charge in [0.1, 0.15) is 11.6 Å². The highest BCUT2D eigenvalue weighted by Gasteiger charge is 2.35. The highest BCUT2D eigenvalue weighted by atomic mass is 35.5. The predicted molar refractivity (Wildman–Crippen MR) is 91.0 cm³/mol. The summed E-state index contributed by atoms with van der Waals surface area (Å²) in [7, 11) is 0. The summed E-state index contributed by atoms with van der Waals surface area (Å²) in [6, 6.07) is 10.2. The van der Waals surface area contributed by atoms with Gasteiger partial charge in [-0.05, 0) is 53.2 Å². The summed E-state index contributed by atoms with van der Waals surface area (Å²) in [5.41, 5.74) is 1.10. The van der Waals surface area contributed by atoms with Gasteiger partial charge in [-0.25, -0.2) is 4.39 Å². The third-order valence-electron chi connectivity index (χ3n) is 3.39. The van der Waals surface area contributed by atoms with Crippen LogP contribution in [0.25, 0.3) is 6.08 Å². The van der Waals surface area contributed by atoms with Crippen molar-refractivity contribution in [3.8, 4) is 5.75 Å². The lowest BCUT2D eigenvalue weighted by molar-refractivity contribution is -0.123. The van der Waals surface area contributed by atoms with E-state index in [0.29, 0.717) is 11.1 Å². The van der Waals surface area contributed by atoms with Crippen molar-refractivity contribution < 1.29 is 19.1 Å². The number of halogens is 2. The Hall–Kier alpha value is -2.31. The molecular formula is C17H11ClFNO3S. The molecule has 0 saturated carbocycles. The molecule has 1 aliphatic heterocycles. The van der Waals surface area contributed by atoms with Crippen molar-refractivity contribution in [2.45, 2.75) is 6.54 Å². The Kier molecular flexibility index (Phi) is 4.59. The molecule has 2 aromatic rings. The Labute approximate surface area is 146 Å². The number of amides is 2. The smallest absolute Gasteiger partial charge is 0.293 e. The van der Waals surface area contributed by atoms with Crippen LogP contribution in [0.2, 0.25) is 5.02 Å². The van der Waals surface area contributed by atoms with Crippen molar-refractivity contribution in [3.63, 3.8) is 0 Å². The van der Waals surface area contributed by atoms with Gasteiger partial charge in [0, 0.05) is 5.02 Å². The van der Waals surface area contributed by atoms with Crippen molar-refractivity contribution >= 4 is 40.6 Å². The van der Waals surface area contributed by atoms with E-state index in [9.17, 15) is 19.1 Å². The molecule has 0 atom stereocenters. The molecule has 1 heterocycles. The van der Waals surface area contributed by atoms with E-state index in [2.05, 4.69) is 0 Å². The van der Waals surface area contributed by atoms with Gasteiger partial charge in [-0.15, -0.1) is 0 Å². The lowest BCUT2D eigenvalue weighted by Gasteiger charge is -2.13. The first-order valence-electron chi connectivity index (χ1n) is 6.92. The zero-order chi connectivity index (χ0) is 17.3. The van der Waals surface area contributed by atoms with Crippen molar-refractivity contribution in [2.24, 2.45) is 0 Å². The fourth-order valence-electron chi connectivity index (χ4n) is 2.22. The molecular weight excluding hydrogens is 353 g/mol. The van der Waals surface area contributed by atoms with Gasteiger partial charge in [0.05, 0.1) is 11.4 Å². The Morgan fingerprint density at radius 3 is 2.71 bits per heavy atom. The first-order valence-corrected chi connectivity index (χ1v) is 8.12. The normalized spacial score (nSPS) is 16.2. The number of benzene rings is 2. The molecule has 0 aromatic heterocycles. The summed E-state index contributed by atoms with van der Waals surface area (Å²) in [6.07, 6.45) is 1.54. The third-order valence-corrected chi connectivity index (χ3v) is 4.64. The summed E-state index contributed by atoms with van der Waals surface area (Å²) in [5, 5.41) is 9.20. The zero-order valence-corrected chi connectivity index (χ0v) is 13.8. The van der Waals surface area contributed by atoms with Gasteiger partial charge in [-0.1, -0.05) is 29.8 Å². The van der Waals surface area contributed by atoms with Crippen LogP contribution in [0.5, 0.6) is 5.75 Å². The fraction of sp³-hybridized carbons (Fsp3) is 0.0588. The first-order chi connectivity index (χ1) is 11.4.